The summed E-state index contributed by atoms with van der Waals surface area (Å²) in [6.45, 7) is 0. The van der Waals surface area contributed by atoms with Crippen molar-refractivity contribution in [3.05, 3.63) is 31.0 Å². The summed E-state index contributed by atoms with van der Waals surface area (Å²) >= 11 is 1.67. The lowest BCUT2D eigenvalue weighted by molar-refractivity contribution is -0.390. The van der Waals surface area contributed by atoms with E-state index in [1.807, 2.05) is 0 Å². The van der Waals surface area contributed by atoms with Gasteiger partial charge in [-0.1, -0.05) is 0 Å². The number of nitriles is 1. The minimum absolute atomic E-state index is 0.0671. The van der Waals surface area contributed by atoms with Crippen molar-refractivity contribution >= 4 is 28.4 Å². The molecule has 1 rings (SSSR count). The van der Waals surface area contributed by atoms with E-state index in [1.165, 1.54) is 0 Å². The molecule has 0 amide bonds. The Bertz CT molecular complexity index is 473. The van der Waals surface area contributed by atoms with E-state index in [9.17, 15) is 18.9 Å². The number of pyridine rings is 1. The lowest BCUT2D eigenvalue weighted by Crippen LogP contribution is -2.04. The smallest absolute Gasteiger partial charge is 0.358 e. The highest BCUT2D eigenvalue weighted by atomic mass is 127. The summed E-state index contributed by atoms with van der Waals surface area (Å²) in [7, 11) is 0. The van der Waals surface area contributed by atoms with Gasteiger partial charge < -0.3 is 10.1 Å². The average Bonchev–Trinajstić information content (AvgIpc) is 2.20. The van der Waals surface area contributed by atoms with Crippen LogP contribution in [0.1, 0.15) is 17.7 Å². The lowest BCUT2D eigenvalue weighted by atomic mass is 10.2. The van der Waals surface area contributed by atoms with Crippen molar-refractivity contribution in [3.63, 3.8) is 0 Å². The van der Waals surface area contributed by atoms with Crippen molar-refractivity contribution in [3.8, 4) is 6.07 Å². The van der Waals surface area contributed by atoms with Crippen LogP contribution in [0.4, 0.5) is 14.6 Å². The van der Waals surface area contributed by atoms with Gasteiger partial charge in [-0.15, -0.1) is 0 Å². The van der Waals surface area contributed by atoms with Crippen molar-refractivity contribution in [2.75, 3.05) is 0 Å². The molecule has 0 bridgehead atoms. The van der Waals surface area contributed by atoms with Crippen molar-refractivity contribution < 1.29 is 13.7 Å². The molecule has 1 heterocycles. The van der Waals surface area contributed by atoms with E-state index in [1.54, 1.807) is 28.7 Å². The number of hydrogen-bond acceptors (Lipinski definition) is 4. The summed E-state index contributed by atoms with van der Waals surface area (Å²) in [5, 5.41) is 19.1. The number of aromatic nitrogens is 1. The van der Waals surface area contributed by atoms with Crippen molar-refractivity contribution in [2.45, 2.75) is 12.8 Å². The predicted molar refractivity (Wildman–Crippen MR) is 57.9 cm³/mol. The molecule has 0 unspecified atom stereocenters. The van der Waals surface area contributed by atoms with E-state index in [0.717, 1.165) is 6.07 Å². The number of rotatable bonds is 3. The fourth-order valence-corrected chi connectivity index (χ4v) is 1.80. The number of halogens is 3. The molecule has 0 fully saturated rings. The van der Waals surface area contributed by atoms with Gasteiger partial charge in [-0.2, -0.15) is 5.26 Å². The van der Waals surface area contributed by atoms with E-state index >= 15 is 0 Å². The first-order valence-electron chi connectivity index (χ1n) is 3.96. The molecule has 1 aromatic rings. The quantitative estimate of drug-likeness (QED) is 0.482. The Balaban J connectivity index is 3.40. The molecule has 8 heteroatoms. The Kier molecular flexibility index (Phi) is 4.05. The third-order valence-corrected chi connectivity index (χ3v) is 2.68. The molecule has 0 saturated carbocycles. The van der Waals surface area contributed by atoms with Crippen molar-refractivity contribution in [1.82, 2.24) is 4.98 Å². The van der Waals surface area contributed by atoms with Crippen LogP contribution in [0, 0.1) is 25.0 Å². The molecule has 0 N–H and O–H groups in total. The zero-order valence-electron chi connectivity index (χ0n) is 7.65. The topological polar surface area (TPSA) is 79.8 Å². The van der Waals surface area contributed by atoms with Gasteiger partial charge in [-0.3, -0.25) is 0 Å². The van der Waals surface area contributed by atoms with Gasteiger partial charge in [0.05, 0.1) is 18.1 Å². The Morgan fingerprint density at radius 3 is 2.75 bits per heavy atom. The second-order valence-corrected chi connectivity index (χ2v) is 3.89. The van der Waals surface area contributed by atoms with Gasteiger partial charge in [-0.05, 0) is 32.5 Å². The summed E-state index contributed by atoms with van der Waals surface area (Å²) in [5.41, 5.74) is -0.588. The van der Waals surface area contributed by atoms with Crippen LogP contribution in [0.3, 0.4) is 0 Å². The Morgan fingerprint density at radius 1 is 1.69 bits per heavy atom. The number of nitrogens with zero attached hydrogens (tertiary/aromatic N) is 3. The highest BCUT2D eigenvalue weighted by Gasteiger charge is 2.25. The van der Waals surface area contributed by atoms with Crippen molar-refractivity contribution in [1.29, 1.82) is 5.26 Å². The summed E-state index contributed by atoms with van der Waals surface area (Å²) in [6.07, 6.45) is -3.10. The van der Waals surface area contributed by atoms with Crippen LogP contribution in [0.15, 0.2) is 6.07 Å². The Hall–Kier alpha value is -1.37. The van der Waals surface area contributed by atoms with Crippen LogP contribution < -0.4 is 0 Å². The zero-order valence-corrected chi connectivity index (χ0v) is 9.81. The molecule has 0 radical (unpaired) electrons. The first-order chi connectivity index (χ1) is 7.47. The van der Waals surface area contributed by atoms with Crippen LogP contribution in [0.25, 0.3) is 0 Å². The molecule has 16 heavy (non-hydrogen) atoms. The lowest BCUT2D eigenvalue weighted by Gasteiger charge is -2.03. The molecule has 5 nitrogen and oxygen atoms in total. The van der Waals surface area contributed by atoms with E-state index in [2.05, 4.69) is 4.98 Å². The maximum atomic E-state index is 12.4. The number of hydrogen-bond donors (Lipinski definition) is 0. The maximum Gasteiger partial charge on any atom is 0.369 e. The highest BCUT2D eigenvalue weighted by Crippen LogP contribution is 2.27. The molecule has 0 aromatic carbocycles. The van der Waals surface area contributed by atoms with Crippen LogP contribution >= 0.6 is 22.6 Å². The summed E-state index contributed by atoms with van der Waals surface area (Å²) < 4.78 is 25.0. The number of alkyl halides is 2. The highest BCUT2D eigenvalue weighted by molar-refractivity contribution is 14.1. The molecule has 1 aromatic heterocycles. The maximum absolute atomic E-state index is 12.4. The van der Waals surface area contributed by atoms with Gasteiger partial charge >= 0.3 is 12.2 Å². The van der Waals surface area contributed by atoms with Gasteiger partial charge in [0.25, 0.3) is 0 Å². The normalized spacial score (nSPS) is 10.2. The fourth-order valence-electron chi connectivity index (χ4n) is 1.05. The standard InChI is InChI=1S/C8H4F2IN3O2/c9-7(10)6-3-5(11)4(1-2-12)8(13-6)14(15)16/h3,7H,1H2. The van der Waals surface area contributed by atoms with Crippen LogP contribution in [0.5, 0.6) is 0 Å². The van der Waals surface area contributed by atoms with Crippen LogP contribution in [0.2, 0.25) is 0 Å². The summed E-state index contributed by atoms with van der Waals surface area (Å²) in [6, 6.07) is 2.78. The SMILES string of the molecule is N#CCc1c(I)cc(C(F)F)nc1[N+](=O)[O-]. The third kappa shape index (κ3) is 2.60. The van der Waals surface area contributed by atoms with E-state index in [0.29, 0.717) is 0 Å². The number of nitro groups is 1. The van der Waals surface area contributed by atoms with Gasteiger partial charge in [0.1, 0.15) is 0 Å². The van der Waals surface area contributed by atoms with Crippen LogP contribution in [-0.4, -0.2) is 9.91 Å². The molecular formula is C8H4F2IN3O2. The molecule has 0 aliphatic carbocycles. The second-order valence-electron chi connectivity index (χ2n) is 2.72. The minimum atomic E-state index is -2.87. The van der Waals surface area contributed by atoms with E-state index in [4.69, 9.17) is 5.26 Å². The molecule has 0 spiro atoms. The van der Waals surface area contributed by atoms with Crippen LogP contribution in [-0.2, 0) is 6.42 Å². The minimum Gasteiger partial charge on any atom is -0.358 e. The zero-order chi connectivity index (χ0) is 12.3. The predicted octanol–water partition coefficient (Wildman–Crippen LogP) is 2.60. The second kappa shape index (κ2) is 5.11. The fraction of sp³-hybridized carbons (Fsp3) is 0.250. The third-order valence-electron chi connectivity index (χ3n) is 1.72. The average molecular weight is 339 g/mol. The molecule has 0 aliphatic heterocycles. The summed E-state index contributed by atoms with van der Waals surface area (Å²) in [4.78, 5) is 13.0. The molecule has 0 saturated heterocycles. The van der Waals surface area contributed by atoms with Gasteiger partial charge in [0, 0.05) is 9.64 Å². The molecule has 84 valence electrons. The summed E-state index contributed by atoms with van der Waals surface area (Å²) in [5.74, 6) is -0.677. The van der Waals surface area contributed by atoms with Gasteiger partial charge in [0.15, 0.2) is 0 Å². The van der Waals surface area contributed by atoms with Gasteiger partial charge in [0.2, 0.25) is 5.69 Å². The first-order valence-corrected chi connectivity index (χ1v) is 5.04. The molecule has 0 aliphatic rings. The Morgan fingerprint density at radius 2 is 2.31 bits per heavy atom. The largest absolute Gasteiger partial charge is 0.369 e. The monoisotopic (exact) mass is 339 g/mol. The van der Waals surface area contributed by atoms with Gasteiger partial charge in [-0.25, -0.2) is 8.78 Å². The van der Waals surface area contributed by atoms with E-state index in [-0.39, 0.29) is 15.6 Å². The first kappa shape index (κ1) is 12.7. The Labute approximate surface area is 102 Å². The molecule has 0 atom stereocenters. The molecular weight excluding hydrogens is 335 g/mol. The van der Waals surface area contributed by atoms with Crippen molar-refractivity contribution in [2.24, 2.45) is 0 Å². The van der Waals surface area contributed by atoms with E-state index < -0.39 is 22.9 Å².